The van der Waals surface area contributed by atoms with E-state index in [1.807, 2.05) is 24.0 Å². The van der Waals surface area contributed by atoms with Crippen LogP contribution < -0.4 is 0 Å². The van der Waals surface area contributed by atoms with Crippen molar-refractivity contribution in [2.75, 3.05) is 45.9 Å². The van der Waals surface area contributed by atoms with Crippen LogP contribution in [0.5, 0.6) is 0 Å². The van der Waals surface area contributed by atoms with Crippen LogP contribution in [0, 0.1) is 0 Å². The van der Waals surface area contributed by atoms with Gasteiger partial charge in [0.1, 0.15) is 11.0 Å². The van der Waals surface area contributed by atoms with Crippen LogP contribution in [0.3, 0.4) is 0 Å². The van der Waals surface area contributed by atoms with Gasteiger partial charge < -0.3 is 9.64 Å². The molecule has 2 fully saturated rings. The molecule has 2 aliphatic rings. The Labute approximate surface area is 159 Å². The molecule has 1 aromatic carbocycles. The number of piperidine rings is 1. The number of carbonyl (C=O) groups is 1. The number of fused-ring (bicyclic) bond motifs is 1. The lowest BCUT2D eigenvalue weighted by molar-refractivity contribution is 0.0413. The topological polar surface area (TPSA) is 74.9 Å². The summed E-state index contributed by atoms with van der Waals surface area (Å²) < 4.78 is 10.0. The van der Waals surface area contributed by atoms with Crippen molar-refractivity contribution in [2.45, 2.75) is 32.4 Å². The van der Waals surface area contributed by atoms with Crippen LogP contribution in [0.4, 0.5) is 4.79 Å². The lowest BCUT2D eigenvalue weighted by atomic mass is 10.0. The number of piperazine rings is 1. The molecule has 0 N–H and O–H groups in total. The van der Waals surface area contributed by atoms with Gasteiger partial charge in [-0.2, -0.15) is 0 Å². The van der Waals surface area contributed by atoms with Crippen LogP contribution in [0.1, 0.15) is 25.3 Å². The highest BCUT2D eigenvalue weighted by molar-refractivity contribution is 5.76. The fraction of sp³-hybridized carbons (Fsp3) is 0.632. The Morgan fingerprint density at radius 1 is 1.22 bits per heavy atom. The molecule has 1 aromatic heterocycles. The third kappa shape index (κ3) is 4.06. The van der Waals surface area contributed by atoms with Gasteiger partial charge in [-0.25, -0.2) is 9.42 Å². The highest BCUT2D eigenvalue weighted by atomic mass is 16.6. The second kappa shape index (κ2) is 8.22. The van der Waals surface area contributed by atoms with E-state index in [1.165, 1.54) is 18.4 Å². The van der Waals surface area contributed by atoms with Gasteiger partial charge in [-0.05, 0) is 48.3 Å². The molecule has 2 saturated heterocycles. The van der Waals surface area contributed by atoms with E-state index in [9.17, 15) is 4.79 Å². The number of aromatic nitrogens is 2. The average molecular weight is 373 g/mol. The van der Waals surface area contributed by atoms with Gasteiger partial charge in [-0.1, -0.05) is 12.1 Å². The Bertz CT molecular complexity index is 772. The molecule has 1 atom stereocenters. The van der Waals surface area contributed by atoms with E-state index in [-0.39, 0.29) is 6.09 Å². The molecule has 3 heterocycles. The minimum Gasteiger partial charge on any atom is -0.450 e. The summed E-state index contributed by atoms with van der Waals surface area (Å²) in [7, 11) is 0. The lowest BCUT2D eigenvalue weighted by Gasteiger charge is -2.43. The zero-order chi connectivity index (χ0) is 18.6. The molecule has 4 rings (SSSR count). The largest absolute Gasteiger partial charge is 0.450 e. The Kier molecular flexibility index (Phi) is 5.54. The number of hydrogen-bond donors (Lipinski definition) is 0. The van der Waals surface area contributed by atoms with E-state index in [4.69, 9.17) is 9.37 Å². The molecule has 0 unspecified atom stereocenters. The zero-order valence-corrected chi connectivity index (χ0v) is 15.8. The second-order valence-corrected chi connectivity index (χ2v) is 7.30. The average Bonchev–Trinajstić information content (AvgIpc) is 3.18. The van der Waals surface area contributed by atoms with Crippen LogP contribution >= 0.6 is 0 Å². The van der Waals surface area contributed by atoms with Gasteiger partial charge in [0.15, 0.2) is 0 Å². The molecule has 27 heavy (non-hydrogen) atoms. The fourth-order valence-electron chi connectivity index (χ4n) is 4.19. The van der Waals surface area contributed by atoms with Gasteiger partial charge in [0.25, 0.3) is 0 Å². The molecular weight excluding hydrogens is 346 g/mol. The van der Waals surface area contributed by atoms with Crippen molar-refractivity contribution in [1.82, 2.24) is 25.0 Å². The van der Waals surface area contributed by atoms with Gasteiger partial charge in [0.2, 0.25) is 0 Å². The minimum atomic E-state index is -0.184. The molecule has 0 aliphatic carbocycles. The fourth-order valence-corrected chi connectivity index (χ4v) is 4.19. The summed E-state index contributed by atoms with van der Waals surface area (Å²) in [6.45, 7) is 8.62. The number of likely N-dealkylation sites (tertiary alicyclic amines) is 1. The van der Waals surface area contributed by atoms with Crippen LogP contribution in [0.15, 0.2) is 22.8 Å². The molecule has 146 valence electrons. The Hall–Kier alpha value is -2.19. The first kappa shape index (κ1) is 18.2. The van der Waals surface area contributed by atoms with Crippen molar-refractivity contribution >= 4 is 17.1 Å². The zero-order valence-electron chi connectivity index (χ0n) is 15.8. The predicted octanol–water partition coefficient (Wildman–Crippen LogP) is 1.96. The summed E-state index contributed by atoms with van der Waals surface area (Å²) in [6, 6.07) is 6.58. The van der Waals surface area contributed by atoms with E-state index in [1.54, 1.807) is 0 Å². The molecule has 2 aliphatic heterocycles. The van der Waals surface area contributed by atoms with Crippen LogP contribution in [0.25, 0.3) is 11.0 Å². The third-order valence-corrected chi connectivity index (χ3v) is 5.60. The second-order valence-electron chi connectivity index (χ2n) is 7.30. The van der Waals surface area contributed by atoms with E-state index in [2.05, 4.69) is 26.2 Å². The van der Waals surface area contributed by atoms with Gasteiger partial charge in [-0.3, -0.25) is 9.80 Å². The Morgan fingerprint density at radius 2 is 2.07 bits per heavy atom. The summed E-state index contributed by atoms with van der Waals surface area (Å²) in [5.41, 5.74) is 2.85. The maximum absolute atomic E-state index is 11.9. The predicted molar refractivity (Wildman–Crippen MR) is 100 cm³/mol. The monoisotopic (exact) mass is 373 g/mol. The van der Waals surface area contributed by atoms with Crippen molar-refractivity contribution < 1.29 is 14.2 Å². The summed E-state index contributed by atoms with van der Waals surface area (Å²) in [5.74, 6) is 0. The van der Waals surface area contributed by atoms with Gasteiger partial charge >= 0.3 is 6.09 Å². The van der Waals surface area contributed by atoms with Crippen LogP contribution in [0.2, 0.25) is 0 Å². The first-order chi connectivity index (χ1) is 13.2. The third-order valence-electron chi connectivity index (χ3n) is 5.60. The highest BCUT2D eigenvalue weighted by Gasteiger charge is 2.30. The van der Waals surface area contributed by atoms with E-state index in [0.717, 1.165) is 56.8 Å². The molecule has 8 heteroatoms. The van der Waals surface area contributed by atoms with Crippen molar-refractivity contribution in [1.29, 1.82) is 0 Å². The van der Waals surface area contributed by atoms with Crippen molar-refractivity contribution in [3.05, 3.63) is 23.8 Å². The van der Waals surface area contributed by atoms with Crippen LogP contribution in [-0.4, -0.2) is 83.0 Å². The van der Waals surface area contributed by atoms with Crippen molar-refractivity contribution in [3.8, 4) is 0 Å². The molecule has 2 aromatic rings. The quantitative estimate of drug-likeness (QED) is 0.811. The molecule has 0 saturated carbocycles. The minimum absolute atomic E-state index is 0.184. The maximum atomic E-state index is 11.9. The summed E-state index contributed by atoms with van der Waals surface area (Å²) >= 11 is 0. The molecule has 0 spiro atoms. The number of amides is 1. The lowest BCUT2D eigenvalue weighted by Crippen LogP contribution is -2.55. The molecule has 1 amide bonds. The molecular formula is C19H27N5O3. The van der Waals surface area contributed by atoms with Gasteiger partial charge in [0, 0.05) is 45.3 Å². The number of rotatable bonds is 4. The number of carbonyl (C=O) groups excluding carboxylic acids is 1. The smallest absolute Gasteiger partial charge is 0.409 e. The summed E-state index contributed by atoms with van der Waals surface area (Å²) in [4.78, 5) is 18.7. The normalized spacial score (nSPS) is 22.3. The number of hydrogen-bond acceptors (Lipinski definition) is 7. The summed E-state index contributed by atoms with van der Waals surface area (Å²) in [5, 5.41) is 8.00. The maximum Gasteiger partial charge on any atom is 0.409 e. The van der Waals surface area contributed by atoms with Crippen molar-refractivity contribution in [2.24, 2.45) is 0 Å². The number of ether oxygens (including phenoxy) is 1. The van der Waals surface area contributed by atoms with Crippen molar-refractivity contribution in [3.63, 3.8) is 0 Å². The standard InChI is InChI=1S/C19H27N5O3/c1-2-26-19(25)24-11-9-23(10-12-24)16-6-4-8-22(14-16)13-15-5-3-7-17-18(15)21-27-20-17/h3,5,7,16H,2,4,6,8-14H2,1H3/t16-/m1/s1. The molecule has 0 bridgehead atoms. The summed E-state index contributed by atoms with van der Waals surface area (Å²) in [6.07, 6.45) is 2.22. The molecule has 8 nitrogen and oxygen atoms in total. The van der Waals surface area contributed by atoms with E-state index >= 15 is 0 Å². The molecule has 0 radical (unpaired) electrons. The van der Waals surface area contributed by atoms with E-state index in [0.29, 0.717) is 12.6 Å². The van der Waals surface area contributed by atoms with Gasteiger partial charge in [0.05, 0.1) is 6.61 Å². The van der Waals surface area contributed by atoms with Gasteiger partial charge in [-0.15, -0.1) is 0 Å². The highest BCUT2D eigenvalue weighted by Crippen LogP contribution is 2.22. The SMILES string of the molecule is CCOC(=O)N1CCN([C@@H]2CCCN(Cc3cccc4nonc34)C2)CC1. The number of benzene rings is 1. The Morgan fingerprint density at radius 3 is 2.89 bits per heavy atom. The first-order valence-electron chi connectivity index (χ1n) is 9.83. The van der Waals surface area contributed by atoms with Crippen LogP contribution in [-0.2, 0) is 11.3 Å². The Balaban J connectivity index is 1.34. The number of nitrogens with zero attached hydrogens (tertiary/aromatic N) is 5. The first-order valence-corrected chi connectivity index (χ1v) is 9.83. The van der Waals surface area contributed by atoms with E-state index < -0.39 is 0 Å².